The van der Waals surface area contributed by atoms with E-state index in [0.717, 1.165) is 78.0 Å². The molecule has 64 heavy (non-hydrogen) atoms. The molecule has 3 heterocycles. The van der Waals surface area contributed by atoms with E-state index in [0.29, 0.717) is 6.42 Å². The Balaban J connectivity index is 1.11. The molecule has 1 aliphatic heterocycles. The molecule has 10 aromatic rings. The molecule has 2 aromatic heterocycles. The van der Waals surface area contributed by atoms with Crippen LogP contribution < -0.4 is 4.90 Å². The van der Waals surface area contributed by atoms with E-state index in [1.807, 2.05) is 0 Å². The molecular weight excluding hydrogens is 777 g/mol. The summed E-state index contributed by atoms with van der Waals surface area (Å²) >= 11 is 0. The molecule has 0 bridgehead atoms. The highest BCUT2D eigenvalue weighted by Crippen LogP contribution is 2.45. The third kappa shape index (κ3) is 6.79. The zero-order valence-corrected chi connectivity index (χ0v) is 36.0. The number of aromatic nitrogens is 1. The summed E-state index contributed by atoms with van der Waals surface area (Å²) in [5.41, 5.74) is 18.9. The van der Waals surface area contributed by atoms with Crippen molar-refractivity contribution in [3.8, 4) is 39.1 Å². The van der Waals surface area contributed by atoms with Crippen molar-refractivity contribution in [3.63, 3.8) is 0 Å². The molecule has 3 nitrogen and oxygen atoms in total. The summed E-state index contributed by atoms with van der Waals surface area (Å²) < 4.78 is 9.69. The van der Waals surface area contributed by atoms with Gasteiger partial charge in [0.25, 0.3) is 0 Å². The van der Waals surface area contributed by atoms with E-state index in [1.54, 1.807) is 0 Å². The largest absolute Gasteiger partial charge is 0.459 e. The average molecular weight is 823 g/mol. The number of rotatable bonds is 7. The maximum absolute atomic E-state index is 7.31. The van der Waals surface area contributed by atoms with E-state index >= 15 is 0 Å². The summed E-state index contributed by atoms with van der Waals surface area (Å²) in [5, 5.41) is 3.34. The van der Waals surface area contributed by atoms with Crippen LogP contribution in [0, 0.1) is 0 Å². The zero-order valence-electron chi connectivity index (χ0n) is 36.0. The fraction of sp³-hybridized carbons (Fsp3) is 0.0492. The molecule has 11 rings (SSSR count). The third-order valence-corrected chi connectivity index (χ3v) is 12.7. The first-order valence-electron chi connectivity index (χ1n) is 22.0. The number of hydrogen-bond donors (Lipinski definition) is 0. The van der Waals surface area contributed by atoms with Crippen molar-refractivity contribution in [2.24, 2.45) is 0 Å². The standard InChI is InChI=1S/C61H46N2O/c1-4-15-42(5-2)46-23-29-51(30-24-46)62-41(3)22-33-53-54-34-37-58-60(61(54)64-59(53)40-50-38-48(27-35-56(50)62)44-18-11-7-12-19-44)55-39-49(45-20-13-8-14-21-45)28-36-57(55)63(58)52-31-25-47(26-32-52)43-16-9-6-10-17-43/h4-39H,3,40H2,1-2H3/b15-4-,33-22-,42-5+. The van der Waals surface area contributed by atoms with E-state index < -0.39 is 0 Å². The van der Waals surface area contributed by atoms with Gasteiger partial charge in [0.05, 0.1) is 16.4 Å². The minimum Gasteiger partial charge on any atom is -0.459 e. The minimum absolute atomic E-state index is 0.590. The number of fused-ring (bicyclic) bond motifs is 8. The second kappa shape index (κ2) is 16.3. The fourth-order valence-electron chi connectivity index (χ4n) is 9.55. The Morgan fingerprint density at radius 2 is 1.12 bits per heavy atom. The zero-order chi connectivity index (χ0) is 43.1. The van der Waals surface area contributed by atoms with Crippen LogP contribution >= 0.6 is 0 Å². The Labute approximate surface area is 374 Å². The summed E-state index contributed by atoms with van der Waals surface area (Å²) in [6, 6.07) is 67.7. The van der Waals surface area contributed by atoms with Gasteiger partial charge in [-0.3, -0.25) is 0 Å². The molecule has 1 aliphatic rings. The lowest BCUT2D eigenvalue weighted by Gasteiger charge is -2.28. The maximum atomic E-state index is 7.31. The molecule has 0 radical (unpaired) electrons. The minimum atomic E-state index is 0.590. The van der Waals surface area contributed by atoms with Gasteiger partial charge in [-0.05, 0) is 137 Å². The Morgan fingerprint density at radius 3 is 1.78 bits per heavy atom. The van der Waals surface area contributed by atoms with Gasteiger partial charge >= 0.3 is 0 Å². The Hall–Kier alpha value is -8.14. The molecule has 0 N–H and O–H groups in total. The molecule has 306 valence electrons. The molecular formula is C61H46N2O. The lowest BCUT2D eigenvalue weighted by molar-refractivity contribution is 0.564. The van der Waals surface area contributed by atoms with Crippen molar-refractivity contribution in [2.75, 3.05) is 4.90 Å². The molecule has 0 spiro atoms. The van der Waals surface area contributed by atoms with Gasteiger partial charge in [0.2, 0.25) is 0 Å². The SMILES string of the molecule is C=C1/C=C\c2c(oc3c2ccc2c3c3cc(-c4ccccc4)ccc3n2-c2ccc(-c3ccccc3)cc2)Cc2cc(-c3ccccc3)ccc2N1c1ccc(C(/C=C\C)=C/C)cc1. The quantitative estimate of drug-likeness (QED) is 0.149. The van der Waals surface area contributed by atoms with Crippen LogP contribution in [0.15, 0.2) is 229 Å². The molecule has 0 fully saturated rings. The predicted octanol–water partition coefficient (Wildman–Crippen LogP) is 16.8. The Kier molecular flexibility index (Phi) is 9.86. The van der Waals surface area contributed by atoms with Gasteiger partial charge in [0.1, 0.15) is 11.3 Å². The van der Waals surface area contributed by atoms with Crippen LogP contribution in [0.5, 0.6) is 0 Å². The number of nitrogens with zero attached hydrogens (tertiary/aromatic N) is 2. The number of benzene rings is 8. The predicted molar refractivity (Wildman–Crippen MR) is 271 cm³/mol. The molecule has 8 aromatic carbocycles. The van der Waals surface area contributed by atoms with Crippen molar-refractivity contribution >= 4 is 55.8 Å². The van der Waals surface area contributed by atoms with Gasteiger partial charge in [-0.15, -0.1) is 0 Å². The van der Waals surface area contributed by atoms with Crippen LogP contribution in [0.4, 0.5) is 11.4 Å². The van der Waals surface area contributed by atoms with Gasteiger partial charge in [-0.25, -0.2) is 0 Å². The fourth-order valence-corrected chi connectivity index (χ4v) is 9.55. The lowest BCUT2D eigenvalue weighted by atomic mass is 9.97. The highest BCUT2D eigenvalue weighted by atomic mass is 16.3. The smallest absolute Gasteiger partial charge is 0.144 e. The molecule has 0 unspecified atom stereocenters. The van der Waals surface area contributed by atoms with Crippen molar-refractivity contribution in [2.45, 2.75) is 20.3 Å². The lowest BCUT2D eigenvalue weighted by Crippen LogP contribution is -2.16. The van der Waals surface area contributed by atoms with Crippen LogP contribution in [-0.2, 0) is 6.42 Å². The summed E-state index contributed by atoms with van der Waals surface area (Å²) in [6.07, 6.45) is 11.3. The highest BCUT2D eigenvalue weighted by molar-refractivity contribution is 6.21. The summed E-state index contributed by atoms with van der Waals surface area (Å²) in [7, 11) is 0. The molecule has 0 amide bonds. The molecule has 3 heteroatoms. The first-order valence-corrected chi connectivity index (χ1v) is 22.0. The van der Waals surface area contributed by atoms with Crippen LogP contribution in [0.3, 0.4) is 0 Å². The van der Waals surface area contributed by atoms with Gasteiger partial charge in [-0.1, -0.05) is 152 Å². The second-order valence-electron chi connectivity index (χ2n) is 16.5. The monoisotopic (exact) mass is 822 g/mol. The number of allylic oxidation sites excluding steroid dienone is 5. The molecule has 0 saturated heterocycles. The Morgan fingerprint density at radius 1 is 0.547 bits per heavy atom. The second-order valence-corrected chi connectivity index (χ2v) is 16.5. The van der Waals surface area contributed by atoms with Crippen LogP contribution in [0.2, 0.25) is 0 Å². The first-order chi connectivity index (χ1) is 31.6. The van der Waals surface area contributed by atoms with Gasteiger partial charge in [-0.2, -0.15) is 0 Å². The van der Waals surface area contributed by atoms with E-state index in [4.69, 9.17) is 11.0 Å². The normalized spacial score (nSPS) is 13.6. The van der Waals surface area contributed by atoms with E-state index in [9.17, 15) is 0 Å². The van der Waals surface area contributed by atoms with E-state index in [1.165, 1.54) is 39.0 Å². The average Bonchev–Trinajstić information content (AvgIpc) is 3.89. The van der Waals surface area contributed by atoms with Crippen LogP contribution in [0.1, 0.15) is 36.3 Å². The number of hydrogen-bond acceptors (Lipinski definition) is 2. The van der Waals surface area contributed by atoms with Crippen LogP contribution in [0.25, 0.3) is 83.5 Å². The molecule has 0 atom stereocenters. The first kappa shape index (κ1) is 38.8. The van der Waals surface area contributed by atoms with Crippen molar-refractivity contribution < 1.29 is 4.42 Å². The highest BCUT2D eigenvalue weighted by Gasteiger charge is 2.25. The topological polar surface area (TPSA) is 21.3 Å². The maximum Gasteiger partial charge on any atom is 0.144 e. The molecule has 0 saturated carbocycles. The number of furan rings is 1. The Bertz CT molecular complexity index is 3460. The van der Waals surface area contributed by atoms with E-state index in [2.05, 4.69) is 242 Å². The summed E-state index contributed by atoms with van der Waals surface area (Å²) in [4.78, 5) is 2.28. The molecule has 0 aliphatic carbocycles. The van der Waals surface area contributed by atoms with E-state index in [-0.39, 0.29) is 0 Å². The van der Waals surface area contributed by atoms with Crippen molar-refractivity contribution in [1.82, 2.24) is 4.57 Å². The summed E-state index contributed by atoms with van der Waals surface area (Å²) in [6.45, 7) is 8.85. The summed E-state index contributed by atoms with van der Waals surface area (Å²) in [5.74, 6) is 0.923. The van der Waals surface area contributed by atoms with Crippen LogP contribution in [-0.4, -0.2) is 4.57 Å². The van der Waals surface area contributed by atoms with Crippen molar-refractivity contribution in [3.05, 3.63) is 247 Å². The number of anilines is 2. The third-order valence-electron chi connectivity index (χ3n) is 12.7. The van der Waals surface area contributed by atoms with Crippen molar-refractivity contribution in [1.29, 1.82) is 0 Å². The van der Waals surface area contributed by atoms with Gasteiger partial charge in [0, 0.05) is 45.5 Å². The van der Waals surface area contributed by atoms with Gasteiger partial charge in [0.15, 0.2) is 0 Å². The van der Waals surface area contributed by atoms with Gasteiger partial charge < -0.3 is 13.9 Å².